The third kappa shape index (κ3) is 1.84. The molecule has 0 spiro atoms. The second kappa shape index (κ2) is 4.16. The predicted octanol–water partition coefficient (Wildman–Crippen LogP) is 3.19. The van der Waals surface area contributed by atoms with Crippen LogP contribution in [0.5, 0.6) is 0 Å². The summed E-state index contributed by atoms with van der Waals surface area (Å²) < 4.78 is 11.9. The van der Waals surface area contributed by atoms with Crippen molar-refractivity contribution in [1.29, 1.82) is 0 Å². The molecule has 1 aliphatic carbocycles. The molecule has 4 nitrogen and oxygen atoms in total. The molecular weight excluding hydrogens is 260 g/mol. The molecule has 5 heteroatoms. The Morgan fingerprint density at radius 3 is 2.89 bits per heavy atom. The van der Waals surface area contributed by atoms with Gasteiger partial charge in [-0.2, -0.15) is 0 Å². The topological polar surface area (TPSA) is 60.7 Å². The van der Waals surface area contributed by atoms with Gasteiger partial charge >= 0.3 is 0 Å². The summed E-state index contributed by atoms with van der Waals surface area (Å²) >= 11 is 1.56. The zero-order valence-corrected chi connectivity index (χ0v) is 11.6. The molecule has 2 atom stereocenters. The van der Waals surface area contributed by atoms with E-state index in [0.717, 1.165) is 5.52 Å². The van der Waals surface area contributed by atoms with E-state index in [0.29, 0.717) is 11.0 Å². The fraction of sp³-hybridized carbons (Fsp3) is 0.500. The van der Waals surface area contributed by atoms with Crippen molar-refractivity contribution in [2.75, 3.05) is 12.8 Å². The fourth-order valence-corrected chi connectivity index (χ4v) is 3.62. The van der Waals surface area contributed by atoms with Crippen LogP contribution in [0, 0.1) is 0 Å². The van der Waals surface area contributed by atoms with Gasteiger partial charge in [0.25, 0.3) is 0 Å². The number of anilines is 1. The second-order valence-corrected chi connectivity index (χ2v) is 6.36. The molecule has 0 amide bonds. The van der Waals surface area contributed by atoms with Crippen molar-refractivity contribution in [2.45, 2.75) is 37.6 Å². The molecule has 1 saturated carbocycles. The van der Waals surface area contributed by atoms with Crippen molar-refractivity contribution in [1.82, 2.24) is 4.98 Å². The average Bonchev–Trinajstić information content (AvgIpc) is 3.01. The Hall–Kier alpha value is -1.17. The van der Waals surface area contributed by atoms with Crippen LogP contribution in [0.4, 0.5) is 5.13 Å². The minimum absolute atomic E-state index is 0.0801. The lowest BCUT2D eigenvalue weighted by Crippen LogP contribution is -2.10. The van der Waals surface area contributed by atoms with E-state index in [1.54, 1.807) is 18.4 Å². The van der Waals surface area contributed by atoms with E-state index in [4.69, 9.17) is 15.2 Å². The second-order valence-electron chi connectivity index (χ2n) is 5.30. The molecule has 1 aromatic heterocycles. The van der Waals surface area contributed by atoms with Gasteiger partial charge in [0.05, 0.1) is 10.2 Å². The first-order valence-electron chi connectivity index (χ1n) is 6.64. The number of benzene rings is 1. The van der Waals surface area contributed by atoms with Gasteiger partial charge in [-0.3, -0.25) is 0 Å². The van der Waals surface area contributed by atoms with E-state index in [9.17, 15) is 0 Å². The number of nitrogens with two attached hydrogens (primary N) is 1. The minimum Gasteiger partial charge on any atom is -0.375 e. The van der Waals surface area contributed by atoms with Crippen molar-refractivity contribution in [3.8, 4) is 0 Å². The molecule has 2 N–H and O–H groups in total. The Labute approximate surface area is 115 Å². The first-order chi connectivity index (χ1) is 9.26. The number of hydrogen-bond acceptors (Lipinski definition) is 5. The van der Waals surface area contributed by atoms with Crippen LogP contribution >= 0.6 is 11.3 Å². The number of aromatic nitrogens is 1. The number of hydrogen-bond donors (Lipinski definition) is 1. The fourth-order valence-electron chi connectivity index (χ4n) is 2.80. The van der Waals surface area contributed by atoms with E-state index < -0.39 is 0 Å². The third-order valence-corrected chi connectivity index (χ3v) is 4.95. The van der Waals surface area contributed by atoms with Gasteiger partial charge in [0.1, 0.15) is 6.10 Å². The van der Waals surface area contributed by atoms with Gasteiger partial charge in [0.2, 0.25) is 0 Å². The number of nitrogen functional groups attached to an aromatic ring is 1. The Balaban J connectivity index is 1.82. The summed E-state index contributed by atoms with van der Waals surface area (Å²) in [7, 11) is 1.68. The van der Waals surface area contributed by atoms with Gasteiger partial charge in [0.15, 0.2) is 11.4 Å². The number of nitrogens with zero attached hydrogens (tertiary/aromatic N) is 1. The van der Waals surface area contributed by atoms with Gasteiger partial charge in [-0.15, -0.1) is 0 Å². The van der Waals surface area contributed by atoms with Crippen molar-refractivity contribution < 1.29 is 9.47 Å². The smallest absolute Gasteiger partial charge is 0.188 e. The first-order valence-corrected chi connectivity index (χ1v) is 7.46. The van der Waals surface area contributed by atoms with Crippen molar-refractivity contribution >= 4 is 26.7 Å². The van der Waals surface area contributed by atoms with Crippen molar-refractivity contribution in [3.05, 3.63) is 23.3 Å². The van der Waals surface area contributed by atoms with Crippen LogP contribution < -0.4 is 5.73 Å². The monoisotopic (exact) mass is 276 g/mol. The molecule has 2 unspecified atom stereocenters. The largest absolute Gasteiger partial charge is 0.375 e. The summed E-state index contributed by atoms with van der Waals surface area (Å²) in [6.45, 7) is 0. The van der Waals surface area contributed by atoms with E-state index in [1.165, 1.54) is 35.1 Å². The molecule has 0 radical (unpaired) electrons. The maximum absolute atomic E-state index is 5.87. The molecule has 2 aliphatic rings. The zero-order chi connectivity index (χ0) is 13.0. The van der Waals surface area contributed by atoms with Crippen LogP contribution in [-0.2, 0) is 9.47 Å². The van der Waals surface area contributed by atoms with Gasteiger partial charge < -0.3 is 15.2 Å². The average molecular weight is 276 g/mol. The molecular formula is C14H16N2O2S. The van der Waals surface area contributed by atoms with Crippen molar-refractivity contribution in [3.63, 3.8) is 0 Å². The van der Waals surface area contributed by atoms with E-state index in [2.05, 4.69) is 17.1 Å². The van der Waals surface area contributed by atoms with Gasteiger partial charge in [-0.1, -0.05) is 23.8 Å². The highest BCUT2D eigenvalue weighted by molar-refractivity contribution is 7.22. The molecule has 100 valence electrons. The van der Waals surface area contributed by atoms with Crippen LogP contribution in [0.2, 0.25) is 0 Å². The molecule has 2 aromatic rings. The summed E-state index contributed by atoms with van der Waals surface area (Å²) in [6, 6.07) is 4.39. The highest BCUT2D eigenvalue weighted by Crippen LogP contribution is 2.46. The Morgan fingerprint density at radius 2 is 2.26 bits per heavy atom. The van der Waals surface area contributed by atoms with Gasteiger partial charge in [0, 0.05) is 7.11 Å². The maximum atomic E-state index is 5.87. The number of ether oxygens (including phenoxy) is 2. The standard InChI is InChI=1S/C14H16N2O2S/c1-17-13-12(18-13)8-5-9(7-3-2-4-7)11-10(6-8)19-14(15)16-11/h5-7,12-13H,2-4H2,1H3,(H2,15,16). The molecule has 0 bridgehead atoms. The highest BCUT2D eigenvalue weighted by Gasteiger charge is 2.41. The number of methoxy groups -OCH3 is 1. The Morgan fingerprint density at radius 1 is 1.42 bits per heavy atom. The molecule has 4 rings (SSSR count). The zero-order valence-electron chi connectivity index (χ0n) is 10.8. The maximum Gasteiger partial charge on any atom is 0.188 e. The van der Waals surface area contributed by atoms with Crippen molar-refractivity contribution in [2.24, 2.45) is 0 Å². The summed E-state index contributed by atoms with van der Waals surface area (Å²) in [4.78, 5) is 4.50. The van der Waals surface area contributed by atoms with Crippen LogP contribution in [0.15, 0.2) is 12.1 Å². The third-order valence-electron chi connectivity index (χ3n) is 4.12. The summed E-state index contributed by atoms with van der Waals surface area (Å²) in [5, 5.41) is 0.646. The van der Waals surface area contributed by atoms with E-state index in [1.807, 2.05) is 0 Å². The number of thiazole rings is 1. The van der Waals surface area contributed by atoms with Crippen LogP contribution in [-0.4, -0.2) is 18.4 Å². The van der Waals surface area contributed by atoms with Crippen LogP contribution in [0.1, 0.15) is 42.4 Å². The van der Waals surface area contributed by atoms with E-state index in [-0.39, 0.29) is 12.4 Å². The summed E-state index contributed by atoms with van der Waals surface area (Å²) in [5.74, 6) is 0.642. The summed E-state index contributed by atoms with van der Waals surface area (Å²) in [6.07, 6.45) is 3.83. The Kier molecular flexibility index (Phi) is 2.55. The Bertz CT molecular complexity index is 636. The molecule has 2 fully saturated rings. The lowest BCUT2D eigenvalue weighted by atomic mass is 9.79. The van der Waals surface area contributed by atoms with Gasteiger partial charge in [-0.05, 0) is 36.0 Å². The molecule has 1 aromatic carbocycles. The first kappa shape index (κ1) is 11.6. The number of epoxide rings is 1. The van der Waals surface area contributed by atoms with Gasteiger partial charge in [-0.25, -0.2) is 4.98 Å². The normalized spacial score (nSPS) is 26.6. The molecule has 1 aliphatic heterocycles. The lowest BCUT2D eigenvalue weighted by Gasteiger charge is -2.26. The molecule has 2 heterocycles. The summed E-state index contributed by atoms with van der Waals surface area (Å²) in [5.41, 5.74) is 9.50. The van der Waals surface area contributed by atoms with Crippen LogP contribution in [0.25, 0.3) is 10.2 Å². The van der Waals surface area contributed by atoms with Crippen LogP contribution in [0.3, 0.4) is 0 Å². The highest BCUT2D eigenvalue weighted by atomic mass is 32.1. The van der Waals surface area contributed by atoms with E-state index >= 15 is 0 Å². The molecule has 19 heavy (non-hydrogen) atoms. The number of rotatable bonds is 3. The SMILES string of the molecule is COC1OC1c1cc(C2CCC2)c2nc(N)sc2c1. The quantitative estimate of drug-likeness (QED) is 0.875. The lowest BCUT2D eigenvalue weighted by molar-refractivity contribution is 0.0950. The predicted molar refractivity (Wildman–Crippen MR) is 75.2 cm³/mol. The molecule has 1 saturated heterocycles. The minimum atomic E-state index is -0.0861. The number of fused-ring (bicyclic) bond motifs is 1.